The van der Waals surface area contributed by atoms with Crippen molar-refractivity contribution in [2.24, 2.45) is 5.92 Å². The molecule has 0 saturated carbocycles. The van der Waals surface area contributed by atoms with E-state index in [2.05, 4.69) is 13.8 Å². The van der Waals surface area contributed by atoms with E-state index in [0.717, 1.165) is 23.1 Å². The summed E-state index contributed by atoms with van der Waals surface area (Å²) in [7, 11) is 0. The van der Waals surface area contributed by atoms with Gasteiger partial charge in [-0.3, -0.25) is 0 Å². The Morgan fingerprint density at radius 1 is 0.767 bits per heavy atom. The summed E-state index contributed by atoms with van der Waals surface area (Å²) < 4.78 is 10.8. The molecule has 0 aliphatic carbocycles. The summed E-state index contributed by atoms with van der Waals surface area (Å²) in [5.74, 6) is 0.143. The molecule has 0 fully saturated rings. The molecule has 0 saturated heterocycles. The van der Waals surface area contributed by atoms with Crippen molar-refractivity contribution in [3.63, 3.8) is 0 Å². The van der Waals surface area contributed by atoms with Gasteiger partial charge in [0, 0.05) is 0 Å². The third kappa shape index (κ3) is 5.57. The molecular weight excluding hydrogens is 376 g/mol. The molecule has 0 bridgehead atoms. The molecule has 0 amide bonds. The van der Waals surface area contributed by atoms with E-state index in [4.69, 9.17) is 9.47 Å². The molecule has 0 aromatic heterocycles. The Balaban J connectivity index is 1.62. The Bertz CT molecular complexity index is 987. The lowest BCUT2D eigenvalue weighted by Crippen LogP contribution is -2.11. The van der Waals surface area contributed by atoms with Crippen molar-refractivity contribution in [3.05, 3.63) is 89.5 Å². The molecule has 1 atom stereocenters. The third-order valence-corrected chi connectivity index (χ3v) is 5.00. The fourth-order valence-electron chi connectivity index (χ4n) is 2.79. The number of hydrogen-bond acceptors (Lipinski definition) is 4. The van der Waals surface area contributed by atoms with Crippen molar-refractivity contribution < 1.29 is 19.1 Å². The smallest absolute Gasteiger partial charge is 0.343 e. The van der Waals surface area contributed by atoms with Crippen molar-refractivity contribution >= 4 is 11.9 Å². The standard InChI is InChI=1S/C26H26O4/c1-4-18(2)17-29-25(27)22-11-9-20(10-12-22)21-13-15-24(16-14-21)30-26(28)23-7-5-19(3)6-8-23/h5-16,18H,4,17H2,1-3H3. The van der Waals surface area contributed by atoms with Crippen LogP contribution in [0.1, 0.15) is 46.5 Å². The lowest BCUT2D eigenvalue weighted by molar-refractivity contribution is 0.0447. The highest BCUT2D eigenvalue weighted by molar-refractivity contribution is 5.91. The molecule has 3 aromatic carbocycles. The fraction of sp³-hybridized carbons (Fsp3) is 0.231. The predicted octanol–water partition coefficient (Wildman–Crippen LogP) is 6.08. The molecule has 154 valence electrons. The Morgan fingerprint density at radius 2 is 1.27 bits per heavy atom. The fourth-order valence-corrected chi connectivity index (χ4v) is 2.79. The number of benzene rings is 3. The number of carbonyl (C=O) groups is 2. The molecule has 4 nitrogen and oxygen atoms in total. The summed E-state index contributed by atoms with van der Waals surface area (Å²) >= 11 is 0. The predicted molar refractivity (Wildman–Crippen MR) is 118 cm³/mol. The van der Waals surface area contributed by atoms with Gasteiger partial charge in [0.05, 0.1) is 17.7 Å². The molecular formula is C26H26O4. The van der Waals surface area contributed by atoms with Crippen LogP contribution in [0.5, 0.6) is 5.75 Å². The van der Waals surface area contributed by atoms with E-state index in [1.807, 2.05) is 43.3 Å². The third-order valence-electron chi connectivity index (χ3n) is 5.00. The number of aryl methyl sites for hydroxylation is 1. The number of rotatable bonds is 7. The lowest BCUT2D eigenvalue weighted by atomic mass is 10.0. The summed E-state index contributed by atoms with van der Waals surface area (Å²) in [6.45, 7) is 6.52. The first-order valence-corrected chi connectivity index (χ1v) is 10.1. The van der Waals surface area contributed by atoms with Gasteiger partial charge in [0.25, 0.3) is 0 Å². The lowest BCUT2D eigenvalue weighted by Gasteiger charge is -2.10. The van der Waals surface area contributed by atoms with Gasteiger partial charge >= 0.3 is 11.9 Å². The Hall–Kier alpha value is -3.40. The van der Waals surface area contributed by atoms with Gasteiger partial charge in [-0.2, -0.15) is 0 Å². The Labute approximate surface area is 177 Å². The molecule has 0 aliphatic heterocycles. The number of esters is 2. The van der Waals surface area contributed by atoms with E-state index in [-0.39, 0.29) is 11.9 Å². The van der Waals surface area contributed by atoms with Crippen LogP contribution < -0.4 is 4.74 Å². The van der Waals surface area contributed by atoms with E-state index in [9.17, 15) is 9.59 Å². The zero-order chi connectivity index (χ0) is 21.5. The first kappa shape index (κ1) is 21.3. The van der Waals surface area contributed by atoms with Crippen LogP contribution in [0.4, 0.5) is 0 Å². The van der Waals surface area contributed by atoms with Gasteiger partial charge in [0.2, 0.25) is 0 Å². The average molecular weight is 402 g/mol. The molecule has 30 heavy (non-hydrogen) atoms. The van der Waals surface area contributed by atoms with E-state index >= 15 is 0 Å². The van der Waals surface area contributed by atoms with Crippen molar-refractivity contribution in [2.45, 2.75) is 27.2 Å². The molecule has 3 aromatic rings. The number of ether oxygens (including phenoxy) is 2. The molecule has 0 aliphatic rings. The van der Waals surface area contributed by atoms with Gasteiger partial charge in [-0.25, -0.2) is 9.59 Å². The molecule has 4 heteroatoms. The van der Waals surface area contributed by atoms with Crippen LogP contribution in [0.2, 0.25) is 0 Å². The van der Waals surface area contributed by atoms with E-state index in [0.29, 0.717) is 29.4 Å². The zero-order valence-electron chi connectivity index (χ0n) is 17.6. The van der Waals surface area contributed by atoms with Crippen LogP contribution in [-0.2, 0) is 4.74 Å². The van der Waals surface area contributed by atoms with Crippen LogP contribution in [0, 0.1) is 12.8 Å². The van der Waals surface area contributed by atoms with Gasteiger partial charge in [-0.05, 0) is 60.4 Å². The van der Waals surface area contributed by atoms with Crippen LogP contribution in [0.25, 0.3) is 11.1 Å². The summed E-state index contributed by atoms with van der Waals surface area (Å²) in [5, 5.41) is 0. The summed E-state index contributed by atoms with van der Waals surface area (Å²) in [4.78, 5) is 24.4. The summed E-state index contributed by atoms with van der Waals surface area (Å²) in [6.07, 6.45) is 0.975. The highest BCUT2D eigenvalue weighted by atomic mass is 16.5. The van der Waals surface area contributed by atoms with Gasteiger partial charge < -0.3 is 9.47 Å². The highest BCUT2D eigenvalue weighted by Crippen LogP contribution is 2.24. The maximum Gasteiger partial charge on any atom is 0.343 e. The van der Waals surface area contributed by atoms with Gasteiger partial charge in [0.1, 0.15) is 5.75 Å². The summed E-state index contributed by atoms with van der Waals surface area (Å²) in [5.41, 5.74) is 4.06. The second kappa shape index (κ2) is 9.88. The minimum absolute atomic E-state index is 0.305. The minimum atomic E-state index is -0.386. The normalized spacial score (nSPS) is 11.6. The monoisotopic (exact) mass is 402 g/mol. The van der Waals surface area contributed by atoms with E-state index < -0.39 is 0 Å². The maximum atomic E-state index is 12.2. The molecule has 1 unspecified atom stereocenters. The molecule has 0 spiro atoms. The topological polar surface area (TPSA) is 52.6 Å². The van der Waals surface area contributed by atoms with Crippen molar-refractivity contribution in [1.82, 2.24) is 0 Å². The Kier molecular flexibility index (Phi) is 7.02. The zero-order valence-corrected chi connectivity index (χ0v) is 17.6. The maximum absolute atomic E-state index is 12.2. The minimum Gasteiger partial charge on any atom is -0.462 e. The molecule has 0 radical (unpaired) electrons. The van der Waals surface area contributed by atoms with Crippen LogP contribution in [0.3, 0.4) is 0 Å². The average Bonchev–Trinajstić information content (AvgIpc) is 2.78. The second-order valence-corrected chi connectivity index (χ2v) is 7.47. The summed E-state index contributed by atoms with van der Waals surface area (Å²) in [6, 6.07) is 21.8. The van der Waals surface area contributed by atoms with Crippen molar-refractivity contribution in [2.75, 3.05) is 6.61 Å². The van der Waals surface area contributed by atoms with Gasteiger partial charge in [-0.1, -0.05) is 62.2 Å². The first-order chi connectivity index (χ1) is 14.5. The van der Waals surface area contributed by atoms with Crippen LogP contribution >= 0.6 is 0 Å². The van der Waals surface area contributed by atoms with E-state index in [1.165, 1.54) is 0 Å². The molecule has 3 rings (SSSR count). The largest absolute Gasteiger partial charge is 0.462 e. The molecule has 0 N–H and O–H groups in total. The van der Waals surface area contributed by atoms with Crippen molar-refractivity contribution in [1.29, 1.82) is 0 Å². The molecule has 0 heterocycles. The number of carbonyl (C=O) groups excluding carboxylic acids is 2. The highest BCUT2D eigenvalue weighted by Gasteiger charge is 2.11. The van der Waals surface area contributed by atoms with Gasteiger partial charge in [-0.15, -0.1) is 0 Å². The Morgan fingerprint density at radius 3 is 1.83 bits per heavy atom. The van der Waals surface area contributed by atoms with Crippen LogP contribution in [-0.4, -0.2) is 18.5 Å². The van der Waals surface area contributed by atoms with Crippen LogP contribution in [0.15, 0.2) is 72.8 Å². The van der Waals surface area contributed by atoms with Gasteiger partial charge in [0.15, 0.2) is 0 Å². The SMILES string of the molecule is CCC(C)COC(=O)c1ccc(-c2ccc(OC(=O)c3ccc(C)cc3)cc2)cc1. The first-order valence-electron chi connectivity index (χ1n) is 10.1. The second-order valence-electron chi connectivity index (χ2n) is 7.47. The number of hydrogen-bond donors (Lipinski definition) is 0. The van der Waals surface area contributed by atoms with Crippen molar-refractivity contribution in [3.8, 4) is 16.9 Å². The van der Waals surface area contributed by atoms with E-state index in [1.54, 1.807) is 36.4 Å². The quantitative estimate of drug-likeness (QED) is 0.355.